The summed E-state index contributed by atoms with van der Waals surface area (Å²) in [5.41, 5.74) is 8.20. The quantitative estimate of drug-likeness (QED) is 0.633. The topological polar surface area (TPSA) is 104 Å². The fraction of sp³-hybridized carbons (Fsp3) is 0.400. The average molecular weight is 325 g/mol. The van der Waals surface area contributed by atoms with Gasteiger partial charge in [0, 0.05) is 0 Å². The van der Waals surface area contributed by atoms with Crippen LogP contribution in [-0.4, -0.2) is 26.4 Å². The van der Waals surface area contributed by atoms with E-state index >= 15 is 0 Å². The minimum Gasteiger partial charge on any atom is -0.340 e. The molecule has 2 rings (SSSR count). The minimum atomic E-state index is -2.42. The van der Waals surface area contributed by atoms with Crippen molar-refractivity contribution in [1.29, 1.82) is 0 Å². The molecule has 0 aliphatic carbocycles. The lowest BCUT2D eigenvalue weighted by Gasteiger charge is -2.21. The summed E-state index contributed by atoms with van der Waals surface area (Å²) in [7, 11) is -2.42. The highest BCUT2D eigenvalue weighted by Crippen LogP contribution is 2.29. The molecule has 0 fully saturated rings. The number of hydrogen-bond donors (Lipinski definition) is 4. The largest absolute Gasteiger partial charge is 0.340 e. The fourth-order valence-electron chi connectivity index (χ4n) is 1.75. The molecular formula is C15H24N3O3P. The lowest BCUT2D eigenvalue weighted by Crippen LogP contribution is -2.38. The Morgan fingerprint density at radius 1 is 1.27 bits per heavy atom. The van der Waals surface area contributed by atoms with Crippen LogP contribution < -0.4 is 5.73 Å². The third-order valence-electron chi connectivity index (χ3n) is 2.96. The van der Waals surface area contributed by atoms with E-state index in [0.29, 0.717) is 5.82 Å². The van der Waals surface area contributed by atoms with Gasteiger partial charge in [0.1, 0.15) is 5.82 Å². The van der Waals surface area contributed by atoms with Gasteiger partial charge in [-0.15, -0.1) is 0 Å². The number of H-pyrrole nitrogens is 1. The zero-order valence-electron chi connectivity index (χ0n) is 13.4. The van der Waals surface area contributed by atoms with E-state index in [2.05, 4.69) is 9.97 Å². The Hall–Kier alpha value is -1.30. The summed E-state index contributed by atoms with van der Waals surface area (Å²) in [4.78, 5) is 25.0. The molecule has 122 valence electrons. The molecule has 0 saturated heterocycles. The van der Waals surface area contributed by atoms with E-state index in [0.717, 1.165) is 11.3 Å². The molecule has 2 aromatic rings. The van der Waals surface area contributed by atoms with Gasteiger partial charge in [0.05, 0.1) is 24.0 Å². The molecule has 0 saturated carbocycles. The first kappa shape index (κ1) is 18.7. The molecule has 7 heteroatoms. The van der Waals surface area contributed by atoms with Crippen LogP contribution in [0.3, 0.4) is 0 Å². The van der Waals surface area contributed by atoms with E-state index in [1.165, 1.54) is 5.56 Å². The second kappa shape index (κ2) is 8.36. The Kier molecular flexibility index (Phi) is 7.13. The van der Waals surface area contributed by atoms with Crippen LogP contribution in [0.2, 0.25) is 0 Å². The first-order chi connectivity index (χ1) is 10.4. The van der Waals surface area contributed by atoms with Gasteiger partial charge in [-0.05, 0) is 19.4 Å². The SMILES string of the molecule is CC.Cc1ccc(-c2cnc(C(C)(N)COP(O)O)[nH]2)cc1. The number of aromatic nitrogens is 2. The van der Waals surface area contributed by atoms with E-state index in [1.807, 2.05) is 45.0 Å². The van der Waals surface area contributed by atoms with Crippen molar-refractivity contribution in [1.82, 2.24) is 9.97 Å². The summed E-state index contributed by atoms with van der Waals surface area (Å²) in [5.74, 6) is 0.532. The average Bonchev–Trinajstić information content (AvgIpc) is 2.99. The summed E-state index contributed by atoms with van der Waals surface area (Å²) in [5, 5.41) is 0. The molecule has 1 aromatic heterocycles. The molecule has 0 radical (unpaired) electrons. The minimum absolute atomic E-state index is 0.0352. The first-order valence-corrected chi connectivity index (χ1v) is 8.27. The van der Waals surface area contributed by atoms with Crippen molar-refractivity contribution >= 4 is 8.60 Å². The second-order valence-electron chi connectivity index (χ2n) is 4.96. The van der Waals surface area contributed by atoms with Crippen LogP contribution in [0.4, 0.5) is 0 Å². The number of aryl methyl sites for hydroxylation is 1. The molecule has 0 aliphatic rings. The Labute approximate surface area is 132 Å². The molecule has 6 nitrogen and oxygen atoms in total. The molecule has 22 heavy (non-hydrogen) atoms. The van der Waals surface area contributed by atoms with Gasteiger partial charge in [-0.1, -0.05) is 43.7 Å². The van der Waals surface area contributed by atoms with E-state index in [4.69, 9.17) is 20.0 Å². The van der Waals surface area contributed by atoms with Gasteiger partial charge in [-0.25, -0.2) is 4.98 Å². The summed E-state index contributed by atoms with van der Waals surface area (Å²) in [6.45, 7) is 7.70. The molecule has 0 amide bonds. The molecule has 0 spiro atoms. The molecule has 1 heterocycles. The highest BCUT2D eigenvalue weighted by atomic mass is 31.2. The van der Waals surface area contributed by atoms with Crippen LogP contribution in [0.1, 0.15) is 32.2 Å². The predicted octanol–water partition coefficient (Wildman–Crippen LogP) is 2.81. The van der Waals surface area contributed by atoms with Crippen LogP contribution in [0.15, 0.2) is 30.5 Å². The van der Waals surface area contributed by atoms with Crippen LogP contribution in [0.25, 0.3) is 11.3 Å². The molecular weight excluding hydrogens is 301 g/mol. The maximum absolute atomic E-state index is 8.78. The third-order valence-corrected chi connectivity index (χ3v) is 3.32. The number of nitrogens with one attached hydrogen (secondary N) is 1. The lowest BCUT2D eigenvalue weighted by molar-refractivity contribution is 0.194. The zero-order valence-corrected chi connectivity index (χ0v) is 14.3. The standard InChI is InChI=1S/C13H18N3O3P.C2H6/c1-9-3-5-10(6-4-9)11-7-15-12(16-11)13(2,14)8-19-20(17)18;1-2/h3-7,17-18H,8,14H2,1-2H3,(H,15,16);1-2H3. The van der Waals surface area contributed by atoms with Gasteiger partial charge >= 0.3 is 8.60 Å². The van der Waals surface area contributed by atoms with Gasteiger partial charge in [-0.3, -0.25) is 0 Å². The number of rotatable bonds is 5. The fourth-order valence-corrected chi connectivity index (χ4v) is 2.14. The van der Waals surface area contributed by atoms with Crippen molar-refractivity contribution in [3.05, 3.63) is 41.9 Å². The highest BCUT2D eigenvalue weighted by Gasteiger charge is 2.26. The maximum Gasteiger partial charge on any atom is 0.327 e. The van der Waals surface area contributed by atoms with Gasteiger partial charge in [0.2, 0.25) is 0 Å². The van der Waals surface area contributed by atoms with Crippen LogP contribution in [0, 0.1) is 6.92 Å². The molecule has 1 unspecified atom stereocenters. The van der Waals surface area contributed by atoms with Crippen molar-refractivity contribution in [2.45, 2.75) is 33.2 Å². The van der Waals surface area contributed by atoms with Crippen LogP contribution in [0.5, 0.6) is 0 Å². The number of aromatic amines is 1. The molecule has 0 aliphatic heterocycles. The van der Waals surface area contributed by atoms with Gasteiger partial charge in [0.15, 0.2) is 0 Å². The monoisotopic (exact) mass is 325 g/mol. The number of nitrogens with zero attached hydrogens (tertiary/aromatic N) is 1. The van der Waals surface area contributed by atoms with Gasteiger partial charge in [0.25, 0.3) is 0 Å². The predicted molar refractivity (Wildman–Crippen MR) is 89.0 cm³/mol. The third kappa shape index (κ3) is 5.16. The van der Waals surface area contributed by atoms with Crippen molar-refractivity contribution in [3.8, 4) is 11.3 Å². The molecule has 5 N–H and O–H groups in total. The number of nitrogens with two attached hydrogens (primary N) is 1. The Morgan fingerprint density at radius 2 is 1.86 bits per heavy atom. The number of benzene rings is 1. The van der Waals surface area contributed by atoms with Crippen LogP contribution >= 0.6 is 8.60 Å². The summed E-state index contributed by atoms with van der Waals surface area (Å²) < 4.78 is 4.78. The van der Waals surface area contributed by atoms with E-state index in [1.54, 1.807) is 13.1 Å². The van der Waals surface area contributed by atoms with Crippen molar-refractivity contribution in [2.75, 3.05) is 6.61 Å². The Morgan fingerprint density at radius 3 is 2.41 bits per heavy atom. The van der Waals surface area contributed by atoms with E-state index in [9.17, 15) is 0 Å². The van der Waals surface area contributed by atoms with E-state index in [-0.39, 0.29) is 6.61 Å². The second-order valence-corrected chi connectivity index (χ2v) is 5.72. The van der Waals surface area contributed by atoms with E-state index < -0.39 is 14.1 Å². The van der Waals surface area contributed by atoms with Gasteiger partial charge < -0.3 is 25.0 Å². The Balaban J connectivity index is 0.00000116. The van der Waals surface area contributed by atoms with Crippen molar-refractivity contribution in [3.63, 3.8) is 0 Å². The smallest absolute Gasteiger partial charge is 0.327 e. The summed E-state index contributed by atoms with van der Waals surface area (Å²) >= 11 is 0. The normalized spacial score (nSPS) is 13.5. The first-order valence-electron chi connectivity index (χ1n) is 7.11. The Bertz CT molecular complexity index is 568. The van der Waals surface area contributed by atoms with Crippen LogP contribution in [-0.2, 0) is 10.1 Å². The molecule has 0 bridgehead atoms. The zero-order chi connectivity index (χ0) is 16.8. The molecule has 1 aromatic carbocycles. The molecule has 1 atom stereocenters. The number of imidazole rings is 1. The highest BCUT2D eigenvalue weighted by molar-refractivity contribution is 7.39. The number of hydrogen-bond acceptors (Lipinski definition) is 5. The lowest BCUT2D eigenvalue weighted by atomic mass is 10.1. The maximum atomic E-state index is 8.78. The summed E-state index contributed by atoms with van der Waals surface area (Å²) in [6.07, 6.45) is 1.70. The summed E-state index contributed by atoms with van der Waals surface area (Å²) in [6, 6.07) is 8.03. The van der Waals surface area contributed by atoms with Crippen molar-refractivity contribution in [2.24, 2.45) is 5.73 Å². The van der Waals surface area contributed by atoms with Gasteiger partial charge in [-0.2, -0.15) is 0 Å². The van der Waals surface area contributed by atoms with Crippen molar-refractivity contribution < 1.29 is 14.3 Å².